The number of hydrogen-bond acceptors (Lipinski definition) is 3. The van der Waals surface area contributed by atoms with Gasteiger partial charge in [0.05, 0.1) is 7.11 Å². The standard InChI is InChI=1S/C31H34F2N2O2/c1-30(2,3)23-7-5-21(6-8-23)19-34-13-11-31(12-14-34)20-35(28-10-9-26(37-4)18-27(28)31)29(36)22-15-24(32)17-25(33)16-22/h5-10,15-18H,11-14,19-20H2,1-4H3. The maximum Gasteiger partial charge on any atom is 0.258 e. The Labute approximate surface area is 217 Å². The van der Waals surface area contributed by atoms with Crippen LogP contribution < -0.4 is 9.64 Å². The summed E-state index contributed by atoms with van der Waals surface area (Å²) in [6, 6.07) is 17.6. The summed E-state index contributed by atoms with van der Waals surface area (Å²) in [6.07, 6.45) is 1.77. The second-order valence-electron chi connectivity index (χ2n) is 11.4. The van der Waals surface area contributed by atoms with Gasteiger partial charge in [0.15, 0.2) is 0 Å². The average molecular weight is 505 g/mol. The molecular weight excluding hydrogens is 470 g/mol. The zero-order chi connectivity index (χ0) is 26.4. The number of fused-ring (bicyclic) bond motifs is 2. The summed E-state index contributed by atoms with van der Waals surface area (Å²) in [4.78, 5) is 17.6. The number of benzene rings is 3. The molecular formula is C31H34F2N2O2. The molecule has 37 heavy (non-hydrogen) atoms. The first-order chi connectivity index (χ1) is 17.6. The molecule has 0 atom stereocenters. The first-order valence-electron chi connectivity index (χ1n) is 12.9. The Hall–Kier alpha value is -3.25. The molecule has 194 valence electrons. The molecule has 6 heteroatoms. The van der Waals surface area contributed by atoms with Crippen LogP contribution >= 0.6 is 0 Å². The lowest BCUT2D eigenvalue weighted by Gasteiger charge is -2.40. The minimum atomic E-state index is -0.754. The number of nitrogens with zero attached hydrogens (tertiary/aromatic N) is 2. The molecule has 0 unspecified atom stereocenters. The maximum atomic E-state index is 13.9. The van der Waals surface area contributed by atoms with Gasteiger partial charge in [0, 0.05) is 35.8 Å². The fourth-order valence-electron chi connectivity index (χ4n) is 5.72. The largest absolute Gasteiger partial charge is 0.497 e. The van der Waals surface area contributed by atoms with E-state index >= 15 is 0 Å². The fraction of sp³-hybridized carbons (Fsp3) is 0.387. The van der Waals surface area contributed by atoms with E-state index in [4.69, 9.17) is 4.74 Å². The number of methoxy groups -OCH3 is 1. The van der Waals surface area contributed by atoms with Crippen LogP contribution in [0.25, 0.3) is 0 Å². The predicted octanol–water partition coefficient (Wildman–Crippen LogP) is 6.47. The van der Waals surface area contributed by atoms with Crippen LogP contribution in [0.3, 0.4) is 0 Å². The molecule has 1 spiro atoms. The number of halogens is 2. The van der Waals surface area contributed by atoms with Crippen LogP contribution in [-0.4, -0.2) is 37.6 Å². The van der Waals surface area contributed by atoms with Gasteiger partial charge in [-0.15, -0.1) is 0 Å². The number of piperidine rings is 1. The van der Waals surface area contributed by atoms with Crippen LogP contribution in [0.4, 0.5) is 14.5 Å². The van der Waals surface area contributed by atoms with Crippen LogP contribution in [0.2, 0.25) is 0 Å². The highest BCUT2D eigenvalue weighted by molar-refractivity contribution is 6.07. The van der Waals surface area contributed by atoms with Crippen LogP contribution in [0, 0.1) is 11.6 Å². The topological polar surface area (TPSA) is 32.8 Å². The normalized spacial score (nSPS) is 17.2. The highest BCUT2D eigenvalue weighted by Crippen LogP contribution is 2.49. The van der Waals surface area contributed by atoms with Crippen LogP contribution in [0.5, 0.6) is 5.75 Å². The van der Waals surface area contributed by atoms with E-state index in [1.54, 1.807) is 12.0 Å². The zero-order valence-electron chi connectivity index (χ0n) is 22.0. The van der Waals surface area contributed by atoms with Gasteiger partial charge in [0.1, 0.15) is 17.4 Å². The van der Waals surface area contributed by atoms with Gasteiger partial charge >= 0.3 is 0 Å². The third-order valence-corrected chi connectivity index (χ3v) is 7.92. The minimum Gasteiger partial charge on any atom is -0.497 e. The molecule has 1 amide bonds. The molecule has 2 aliphatic heterocycles. The van der Waals surface area contributed by atoms with Crippen molar-refractivity contribution in [2.75, 3.05) is 31.6 Å². The molecule has 2 heterocycles. The van der Waals surface area contributed by atoms with Gasteiger partial charge < -0.3 is 9.64 Å². The third kappa shape index (κ3) is 4.99. The van der Waals surface area contributed by atoms with Gasteiger partial charge in [-0.3, -0.25) is 9.69 Å². The molecule has 4 nitrogen and oxygen atoms in total. The zero-order valence-corrected chi connectivity index (χ0v) is 22.0. The van der Waals surface area contributed by atoms with E-state index in [1.807, 2.05) is 18.2 Å². The lowest BCUT2D eigenvalue weighted by atomic mass is 9.74. The molecule has 0 aromatic heterocycles. The molecule has 0 radical (unpaired) electrons. The van der Waals surface area contributed by atoms with Crippen molar-refractivity contribution in [3.63, 3.8) is 0 Å². The van der Waals surface area contributed by atoms with E-state index in [0.29, 0.717) is 6.54 Å². The van der Waals surface area contributed by atoms with Crippen LogP contribution in [0.15, 0.2) is 60.7 Å². The molecule has 3 aromatic carbocycles. The summed E-state index contributed by atoms with van der Waals surface area (Å²) in [5, 5.41) is 0. The molecule has 0 bridgehead atoms. The van der Waals surface area contributed by atoms with Gasteiger partial charge in [-0.1, -0.05) is 45.0 Å². The van der Waals surface area contributed by atoms with Crippen LogP contribution in [0.1, 0.15) is 60.7 Å². The summed E-state index contributed by atoms with van der Waals surface area (Å²) in [6.45, 7) is 9.83. The summed E-state index contributed by atoms with van der Waals surface area (Å²) >= 11 is 0. The summed E-state index contributed by atoms with van der Waals surface area (Å²) in [5.74, 6) is -1.15. The van der Waals surface area contributed by atoms with Crippen molar-refractivity contribution in [2.24, 2.45) is 0 Å². The lowest BCUT2D eigenvalue weighted by Crippen LogP contribution is -2.45. The maximum absolute atomic E-state index is 13.9. The van der Waals surface area contributed by atoms with Gasteiger partial charge in [-0.05, 0) is 78.4 Å². The van der Waals surface area contributed by atoms with Crippen LogP contribution in [-0.2, 0) is 17.4 Å². The first kappa shape index (κ1) is 25.4. The number of hydrogen-bond donors (Lipinski definition) is 0. The van der Waals surface area contributed by atoms with E-state index in [9.17, 15) is 13.6 Å². The summed E-state index contributed by atoms with van der Waals surface area (Å²) < 4.78 is 33.3. The molecule has 1 saturated heterocycles. The quantitative estimate of drug-likeness (QED) is 0.409. The highest BCUT2D eigenvalue weighted by Gasteiger charge is 2.46. The van der Waals surface area contributed by atoms with Crippen molar-refractivity contribution in [1.82, 2.24) is 4.90 Å². The van der Waals surface area contributed by atoms with Crippen molar-refractivity contribution in [3.8, 4) is 5.75 Å². The van der Waals surface area contributed by atoms with Crippen molar-refractivity contribution < 1.29 is 18.3 Å². The van der Waals surface area contributed by atoms with Crippen molar-refractivity contribution in [2.45, 2.75) is 51.0 Å². The van der Waals surface area contributed by atoms with Gasteiger partial charge in [-0.25, -0.2) is 8.78 Å². The SMILES string of the molecule is COc1ccc2c(c1)C1(CCN(Cc3ccc(C(C)(C)C)cc3)CC1)CN2C(=O)c1cc(F)cc(F)c1. The number of carbonyl (C=O) groups is 1. The lowest BCUT2D eigenvalue weighted by molar-refractivity contribution is 0.0974. The average Bonchev–Trinajstić information content (AvgIpc) is 3.17. The molecule has 0 aliphatic carbocycles. The van der Waals surface area contributed by atoms with E-state index < -0.39 is 11.6 Å². The second-order valence-corrected chi connectivity index (χ2v) is 11.4. The summed E-state index contributed by atoms with van der Waals surface area (Å²) in [5.41, 5.74) is 4.42. The van der Waals surface area contributed by atoms with E-state index in [2.05, 4.69) is 49.9 Å². The van der Waals surface area contributed by atoms with Crippen molar-refractivity contribution >= 4 is 11.6 Å². The van der Waals surface area contributed by atoms with Crippen molar-refractivity contribution in [3.05, 3.63) is 94.6 Å². The van der Waals surface area contributed by atoms with Gasteiger partial charge in [0.2, 0.25) is 0 Å². The Morgan fingerprint density at radius 2 is 1.59 bits per heavy atom. The number of likely N-dealkylation sites (tertiary alicyclic amines) is 1. The number of ether oxygens (including phenoxy) is 1. The Morgan fingerprint density at radius 1 is 0.946 bits per heavy atom. The van der Waals surface area contributed by atoms with Crippen molar-refractivity contribution in [1.29, 1.82) is 0 Å². The number of carbonyl (C=O) groups excluding carboxylic acids is 1. The van der Waals surface area contributed by atoms with E-state index in [1.165, 1.54) is 11.1 Å². The molecule has 0 saturated carbocycles. The molecule has 5 rings (SSSR count). The number of rotatable bonds is 4. The molecule has 2 aliphatic rings. The fourth-order valence-corrected chi connectivity index (χ4v) is 5.72. The molecule has 1 fully saturated rings. The smallest absolute Gasteiger partial charge is 0.258 e. The Kier molecular flexibility index (Phi) is 6.57. The van der Waals surface area contributed by atoms with E-state index in [-0.39, 0.29) is 22.3 Å². The molecule has 0 N–H and O–H groups in total. The molecule has 3 aromatic rings. The second kappa shape index (κ2) is 9.56. The highest BCUT2D eigenvalue weighted by atomic mass is 19.1. The number of amides is 1. The third-order valence-electron chi connectivity index (χ3n) is 7.92. The Balaban J connectivity index is 1.36. The minimum absolute atomic E-state index is 0.0208. The summed E-state index contributed by atoms with van der Waals surface area (Å²) in [7, 11) is 1.63. The number of anilines is 1. The first-order valence-corrected chi connectivity index (χ1v) is 12.9. The van der Waals surface area contributed by atoms with Gasteiger partial charge in [-0.2, -0.15) is 0 Å². The van der Waals surface area contributed by atoms with Gasteiger partial charge in [0.25, 0.3) is 5.91 Å². The Morgan fingerprint density at radius 3 is 2.19 bits per heavy atom. The monoisotopic (exact) mass is 504 g/mol. The van der Waals surface area contributed by atoms with E-state index in [0.717, 1.165) is 67.7 Å². The Bertz CT molecular complexity index is 1290. The predicted molar refractivity (Wildman–Crippen MR) is 142 cm³/mol.